The summed E-state index contributed by atoms with van der Waals surface area (Å²) in [4.78, 5) is 0. The van der Waals surface area contributed by atoms with Crippen molar-refractivity contribution in [3.63, 3.8) is 0 Å². The van der Waals surface area contributed by atoms with Crippen molar-refractivity contribution < 1.29 is 8.99 Å². The molecule has 0 aliphatic heterocycles. The summed E-state index contributed by atoms with van der Waals surface area (Å²) in [5.41, 5.74) is -0.0497. The highest BCUT2D eigenvalue weighted by atomic mass is 31.2. The highest BCUT2D eigenvalue weighted by Crippen LogP contribution is 2.52. The lowest BCUT2D eigenvalue weighted by atomic mass is 10.1. The van der Waals surface area contributed by atoms with Crippen molar-refractivity contribution >= 4 is 36.4 Å². The van der Waals surface area contributed by atoms with E-state index in [0.717, 1.165) is 23.5 Å². The molecule has 1 aliphatic carbocycles. The minimum Gasteiger partial charge on any atom is -0.401 e. The van der Waals surface area contributed by atoms with Gasteiger partial charge in [0.2, 0.25) is 0 Å². The normalized spacial score (nSPS) is 18.3. The average molecular weight is 537 g/mol. The predicted octanol–water partition coefficient (Wildman–Crippen LogP) is 6.66. The zero-order chi connectivity index (χ0) is 26.6. The van der Waals surface area contributed by atoms with Gasteiger partial charge < -0.3 is 8.99 Å². The largest absolute Gasteiger partial charge is 0.401 e. The molecule has 5 rings (SSSR count). The van der Waals surface area contributed by atoms with E-state index >= 15 is 0 Å². The molecule has 0 N–H and O–H groups in total. The summed E-state index contributed by atoms with van der Waals surface area (Å²) in [5.74, 6) is 0. The summed E-state index contributed by atoms with van der Waals surface area (Å²) in [5, 5.41) is 4.34. The van der Waals surface area contributed by atoms with Crippen molar-refractivity contribution in [1.29, 1.82) is 0 Å². The van der Waals surface area contributed by atoms with Crippen LogP contribution in [0.15, 0.2) is 133 Å². The molecular formula is C34H37O2PSi. The molecule has 194 valence electrons. The molecule has 38 heavy (non-hydrogen) atoms. The summed E-state index contributed by atoms with van der Waals surface area (Å²) in [7, 11) is -5.51. The number of hydrogen-bond donors (Lipinski definition) is 0. The Morgan fingerprint density at radius 1 is 0.632 bits per heavy atom. The zero-order valence-corrected chi connectivity index (χ0v) is 24.4. The minimum atomic E-state index is -2.86. The van der Waals surface area contributed by atoms with Gasteiger partial charge in [0.15, 0.2) is 0 Å². The zero-order valence-electron chi connectivity index (χ0n) is 22.5. The van der Waals surface area contributed by atoms with Crippen molar-refractivity contribution in [3.8, 4) is 0 Å². The Bertz CT molecular complexity index is 1310. The molecule has 0 unspecified atom stereocenters. The molecule has 1 aliphatic rings. The second kappa shape index (κ2) is 11.0. The van der Waals surface area contributed by atoms with Crippen LogP contribution >= 0.6 is 7.14 Å². The quantitative estimate of drug-likeness (QED) is 0.150. The Morgan fingerprint density at radius 2 is 1.05 bits per heavy atom. The van der Waals surface area contributed by atoms with Crippen molar-refractivity contribution in [2.45, 2.75) is 50.4 Å². The van der Waals surface area contributed by atoms with Crippen LogP contribution in [-0.4, -0.2) is 20.1 Å². The van der Waals surface area contributed by atoms with Crippen molar-refractivity contribution in [2.75, 3.05) is 0 Å². The average Bonchev–Trinajstić information content (AvgIpc) is 2.97. The Balaban J connectivity index is 1.53. The van der Waals surface area contributed by atoms with Gasteiger partial charge in [0, 0.05) is 16.3 Å². The predicted molar refractivity (Wildman–Crippen MR) is 164 cm³/mol. The maximum atomic E-state index is 14.9. The lowest BCUT2D eigenvalue weighted by Gasteiger charge is -2.45. The fourth-order valence-corrected chi connectivity index (χ4v) is 13.7. The van der Waals surface area contributed by atoms with Crippen LogP contribution in [0.1, 0.15) is 33.6 Å². The van der Waals surface area contributed by atoms with Crippen LogP contribution in [0, 0.1) is 0 Å². The van der Waals surface area contributed by atoms with E-state index in [4.69, 9.17) is 4.43 Å². The third kappa shape index (κ3) is 4.91. The van der Waals surface area contributed by atoms with Crippen LogP contribution in [0.5, 0.6) is 0 Å². The molecule has 0 amide bonds. The summed E-state index contributed by atoms with van der Waals surface area (Å²) in [6, 6.07) is 41.6. The molecule has 4 aromatic carbocycles. The lowest BCUT2D eigenvalue weighted by molar-refractivity contribution is 0.215. The van der Waals surface area contributed by atoms with Crippen LogP contribution in [0.2, 0.25) is 5.04 Å². The Kier molecular flexibility index (Phi) is 7.72. The molecule has 4 heteroatoms. The summed E-state index contributed by atoms with van der Waals surface area (Å²) >= 11 is 0. The molecule has 2 atom stereocenters. The van der Waals surface area contributed by atoms with E-state index in [0.29, 0.717) is 0 Å². The van der Waals surface area contributed by atoms with E-state index in [-0.39, 0.29) is 16.8 Å². The maximum absolute atomic E-state index is 14.9. The van der Waals surface area contributed by atoms with E-state index in [2.05, 4.69) is 93.6 Å². The summed E-state index contributed by atoms with van der Waals surface area (Å²) in [6.07, 6.45) is 6.02. The first-order chi connectivity index (χ1) is 18.4. The van der Waals surface area contributed by atoms with E-state index < -0.39 is 15.5 Å². The van der Waals surface area contributed by atoms with Gasteiger partial charge in [-0.2, -0.15) is 0 Å². The second-order valence-corrected chi connectivity index (χ2v) is 18.4. The van der Waals surface area contributed by atoms with E-state index in [1.807, 2.05) is 60.7 Å². The van der Waals surface area contributed by atoms with Gasteiger partial charge in [-0.25, -0.2) is 0 Å². The third-order valence-electron chi connectivity index (χ3n) is 7.79. The molecular weight excluding hydrogens is 499 g/mol. The number of rotatable bonds is 7. The Hall–Kier alpha value is -2.97. The third-order valence-corrected chi connectivity index (χ3v) is 16.3. The highest BCUT2D eigenvalue weighted by molar-refractivity contribution is 7.79. The second-order valence-electron chi connectivity index (χ2n) is 11.2. The smallest absolute Gasteiger partial charge is 0.261 e. The first-order valence-corrected chi connectivity index (χ1v) is 17.2. The van der Waals surface area contributed by atoms with E-state index in [9.17, 15) is 4.57 Å². The molecule has 0 saturated heterocycles. The highest BCUT2D eigenvalue weighted by Gasteiger charge is 2.51. The van der Waals surface area contributed by atoms with Gasteiger partial charge in [0.05, 0.1) is 6.10 Å². The van der Waals surface area contributed by atoms with Crippen LogP contribution in [0.4, 0.5) is 0 Å². The summed E-state index contributed by atoms with van der Waals surface area (Å²) < 4.78 is 22.2. The Morgan fingerprint density at radius 3 is 1.42 bits per heavy atom. The van der Waals surface area contributed by atoms with Crippen LogP contribution in [-0.2, 0) is 8.99 Å². The SMILES string of the molecule is CC(C)(C)[Si](O[C@H]1C=C[C@H](P(=O)(c2ccccc2)c2ccccc2)CC1)(c1ccccc1)c1ccccc1. The molecule has 0 radical (unpaired) electrons. The van der Waals surface area contributed by atoms with Crippen molar-refractivity contribution in [1.82, 2.24) is 0 Å². The molecule has 2 nitrogen and oxygen atoms in total. The van der Waals surface area contributed by atoms with Gasteiger partial charge in [0.1, 0.15) is 7.14 Å². The fraction of sp³-hybridized carbons (Fsp3) is 0.235. The lowest BCUT2D eigenvalue weighted by Crippen LogP contribution is -2.67. The molecule has 0 saturated carbocycles. The molecule has 4 aromatic rings. The Labute approximate surface area is 228 Å². The van der Waals surface area contributed by atoms with Gasteiger partial charge in [-0.1, -0.05) is 154 Å². The van der Waals surface area contributed by atoms with Gasteiger partial charge in [-0.3, -0.25) is 0 Å². The van der Waals surface area contributed by atoms with Gasteiger partial charge in [0.25, 0.3) is 8.32 Å². The maximum Gasteiger partial charge on any atom is 0.261 e. The number of hydrogen-bond acceptors (Lipinski definition) is 2. The van der Waals surface area contributed by atoms with Crippen LogP contribution < -0.4 is 21.0 Å². The first-order valence-electron chi connectivity index (χ1n) is 13.5. The van der Waals surface area contributed by atoms with Gasteiger partial charge in [-0.15, -0.1) is 0 Å². The molecule has 0 fully saturated rings. The standard InChI is InChI=1S/C34H37O2PSi/c1-34(2,3)38(32-20-12-6-13-21-32,33-22-14-7-15-23-33)36-28-24-26-31(27-25-28)37(35,29-16-8-4-9-17-29)30-18-10-5-11-19-30/h4-24,26,28,31H,25,27H2,1-3H3/t28-,31-/m0/s1. The van der Waals surface area contributed by atoms with Crippen LogP contribution in [0.25, 0.3) is 0 Å². The summed E-state index contributed by atoms with van der Waals surface area (Å²) in [6.45, 7) is 6.94. The molecule has 0 aromatic heterocycles. The molecule has 0 bridgehead atoms. The van der Waals surface area contributed by atoms with Gasteiger partial charge in [-0.05, 0) is 28.3 Å². The fourth-order valence-electron chi connectivity index (χ4n) is 5.93. The topological polar surface area (TPSA) is 26.3 Å². The van der Waals surface area contributed by atoms with Crippen molar-refractivity contribution in [3.05, 3.63) is 133 Å². The van der Waals surface area contributed by atoms with E-state index in [1.54, 1.807) is 0 Å². The van der Waals surface area contributed by atoms with Crippen LogP contribution in [0.3, 0.4) is 0 Å². The van der Waals surface area contributed by atoms with Crippen molar-refractivity contribution in [2.24, 2.45) is 0 Å². The number of benzene rings is 4. The van der Waals surface area contributed by atoms with E-state index in [1.165, 1.54) is 10.4 Å². The molecule has 0 heterocycles. The number of allylic oxidation sites excluding steroid dienone is 1. The monoisotopic (exact) mass is 536 g/mol. The molecule has 0 spiro atoms. The van der Waals surface area contributed by atoms with Gasteiger partial charge >= 0.3 is 0 Å². The first kappa shape index (κ1) is 26.6. The minimum absolute atomic E-state index is 0.0300.